The Labute approximate surface area is 188 Å². The first-order valence-corrected chi connectivity index (χ1v) is 11.4. The molecule has 0 radical (unpaired) electrons. The van der Waals surface area contributed by atoms with E-state index in [-0.39, 0.29) is 11.8 Å². The number of aryl methyl sites for hydroxylation is 2. The normalized spacial score (nSPS) is 12.3. The van der Waals surface area contributed by atoms with E-state index in [0.29, 0.717) is 21.3 Å². The highest BCUT2D eigenvalue weighted by Crippen LogP contribution is 2.35. The highest BCUT2D eigenvalue weighted by molar-refractivity contribution is 9.10. The molecule has 1 aromatic carbocycles. The molecule has 11 heteroatoms. The summed E-state index contributed by atoms with van der Waals surface area (Å²) < 4.78 is 8.84. The molecule has 3 heterocycles. The number of hydrogen-bond acceptors (Lipinski definition) is 7. The van der Waals surface area contributed by atoms with Gasteiger partial charge in [-0.2, -0.15) is 5.10 Å². The summed E-state index contributed by atoms with van der Waals surface area (Å²) >= 11 is 6.12. The predicted molar refractivity (Wildman–Crippen MR) is 123 cm³/mol. The first kappa shape index (κ1) is 20.8. The van der Waals surface area contributed by atoms with Gasteiger partial charge in [-0.1, -0.05) is 27.3 Å². The number of hydrogen-bond donors (Lipinski definition) is 2. The lowest BCUT2D eigenvalue weighted by Crippen LogP contribution is -2.41. The fourth-order valence-corrected chi connectivity index (χ4v) is 5.58. The van der Waals surface area contributed by atoms with Gasteiger partial charge in [0, 0.05) is 16.9 Å². The molecule has 8 nitrogen and oxygen atoms in total. The molecule has 0 spiro atoms. The average molecular weight is 508 g/mol. The van der Waals surface area contributed by atoms with Gasteiger partial charge in [0.15, 0.2) is 5.13 Å². The number of fused-ring (bicyclic) bond motifs is 2. The molecular weight excluding hydrogens is 490 g/mol. The number of thiazole rings is 1. The van der Waals surface area contributed by atoms with Crippen LogP contribution < -0.4 is 15.4 Å². The molecule has 1 unspecified atom stereocenters. The van der Waals surface area contributed by atoms with Gasteiger partial charge in [0.05, 0.1) is 22.4 Å². The Balaban J connectivity index is 1.47. The van der Waals surface area contributed by atoms with Crippen LogP contribution in [0.2, 0.25) is 0 Å². The van der Waals surface area contributed by atoms with Gasteiger partial charge in [0.1, 0.15) is 22.1 Å². The minimum atomic E-state index is -0.734. The van der Waals surface area contributed by atoms with Crippen LogP contribution in [0.5, 0.6) is 5.75 Å². The number of nitrogens with one attached hydrogen (secondary N) is 2. The van der Waals surface area contributed by atoms with Crippen molar-refractivity contribution in [3.8, 4) is 5.75 Å². The molecule has 30 heavy (non-hydrogen) atoms. The summed E-state index contributed by atoms with van der Waals surface area (Å²) in [7, 11) is 3.41. The Morgan fingerprint density at radius 3 is 2.73 bits per heavy atom. The van der Waals surface area contributed by atoms with Gasteiger partial charge < -0.3 is 15.4 Å². The molecule has 0 saturated carbocycles. The molecule has 0 aliphatic carbocycles. The zero-order valence-electron chi connectivity index (χ0n) is 16.6. The lowest BCUT2D eigenvalue weighted by molar-refractivity contribution is -0.117. The summed E-state index contributed by atoms with van der Waals surface area (Å²) in [5.74, 6) is -0.0282. The number of benzene rings is 1. The van der Waals surface area contributed by atoms with Crippen molar-refractivity contribution in [2.45, 2.75) is 19.9 Å². The number of thiophene rings is 1. The Hall–Kier alpha value is -2.50. The van der Waals surface area contributed by atoms with Crippen LogP contribution in [0.4, 0.5) is 5.13 Å². The van der Waals surface area contributed by atoms with Crippen LogP contribution in [0.25, 0.3) is 20.4 Å². The van der Waals surface area contributed by atoms with E-state index in [9.17, 15) is 9.59 Å². The zero-order valence-corrected chi connectivity index (χ0v) is 19.8. The van der Waals surface area contributed by atoms with E-state index in [4.69, 9.17) is 4.74 Å². The highest BCUT2D eigenvalue weighted by Gasteiger charge is 2.21. The summed E-state index contributed by atoms with van der Waals surface area (Å²) in [6.45, 7) is 3.54. The quantitative estimate of drug-likeness (QED) is 0.424. The molecule has 3 aromatic heterocycles. The van der Waals surface area contributed by atoms with Crippen molar-refractivity contribution in [3.63, 3.8) is 0 Å². The van der Waals surface area contributed by atoms with Crippen molar-refractivity contribution < 1.29 is 14.3 Å². The standard InChI is InChI=1S/C19H18BrN5O3S2/c1-8-11-7-14(29-18(11)25(3)24-8)17(27)21-9(2)16(26)23-19-22-15-12(28-4)5-10(20)6-13(15)30-19/h5-7,9H,1-4H3,(H,21,27)(H,22,23,26). The second-order valence-corrected chi connectivity index (χ2v) is 9.67. The van der Waals surface area contributed by atoms with Crippen LogP contribution in [0.1, 0.15) is 22.3 Å². The van der Waals surface area contributed by atoms with Crippen LogP contribution >= 0.6 is 38.6 Å². The van der Waals surface area contributed by atoms with Gasteiger partial charge >= 0.3 is 0 Å². The van der Waals surface area contributed by atoms with Gasteiger partial charge in [-0.15, -0.1) is 11.3 Å². The van der Waals surface area contributed by atoms with Crippen LogP contribution in [0.15, 0.2) is 22.7 Å². The molecule has 0 aliphatic heterocycles. The van der Waals surface area contributed by atoms with E-state index in [1.54, 1.807) is 24.8 Å². The molecular formula is C19H18BrN5O3S2. The van der Waals surface area contributed by atoms with Crippen molar-refractivity contribution in [2.24, 2.45) is 7.05 Å². The summed E-state index contributed by atoms with van der Waals surface area (Å²) in [5, 5.41) is 11.2. The minimum absolute atomic E-state index is 0.298. The minimum Gasteiger partial charge on any atom is -0.494 e. The monoisotopic (exact) mass is 507 g/mol. The zero-order chi connectivity index (χ0) is 21.6. The molecule has 0 fully saturated rings. The molecule has 4 aromatic rings. The largest absolute Gasteiger partial charge is 0.494 e. The molecule has 2 N–H and O–H groups in total. The molecule has 0 saturated heterocycles. The third-order valence-electron chi connectivity index (χ3n) is 4.54. The fourth-order valence-electron chi connectivity index (χ4n) is 3.04. The number of amides is 2. The maximum Gasteiger partial charge on any atom is 0.262 e. The molecule has 156 valence electrons. The first-order chi connectivity index (χ1) is 14.3. The van der Waals surface area contributed by atoms with Crippen molar-refractivity contribution in [3.05, 3.63) is 33.2 Å². The van der Waals surface area contributed by atoms with Crippen LogP contribution in [0.3, 0.4) is 0 Å². The second-order valence-electron chi connectivity index (χ2n) is 6.70. The molecule has 1 atom stereocenters. The summed E-state index contributed by atoms with van der Waals surface area (Å²) in [6.07, 6.45) is 0. The Kier molecular flexibility index (Phi) is 5.51. The summed E-state index contributed by atoms with van der Waals surface area (Å²) in [4.78, 5) is 31.1. The van der Waals surface area contributed by atoms with E-state index in [0.717, 1.165) is 25.1 Å². The van der Waals surface area contributed by atoms with Crippen molar-refractivity contribution in [1.82, 2.24) is 20.1 Å². The third kappa shape index (κ3) is 3.80. The van der Waals surface area contributed by atoms with E-state index in [2.05, 4.69) is 36.6 Å². The van der Waals surface area contributed by atoms with Crippen molar-refractivity contribution in [2.75, 3.05) is 12.4 Å². The van der Waals surface area contributed by atoms with Crippen LogP contribution in [-0.2, 0) is 11.8 Å². The van der Waals surface area contributed by atoms with E-state index >= 15 is 0 Å². The number of halogens is 1. The van der Waals surface area contributed by atoms with Gasteiger partial charge in [0.25, 0.3) is 5.91 Å². The van der Waals surface area contributed by atoms with Crippen LogP contribution in [0, 0.1) is 6.92 Å². The third-order valence-corrected chi connectivity index (χ3v) is 7.11. The number of aromatic nitrogens is 3. The summed E-state index contributed by atoms with van der Waals surface area (Å²) in [5.41, 5.74) is 1.54. The molecule has 2 amide bonds. The second kappa shape index (κ2) is 7.97. The first-order valence-electron chi connectivity index (χ1n) is 8.95. The SMILES string of the molecule is COc1cc(Br)cc2sc(NC(=O)C(C)NC(=O)c3cc4c(C)nn(C)c4s3)nc12. The number of rotatable bonds is 5. The topological polar surface area (TPSA) is 98.1 Å². The molecule has 0 aliphatic rings. The van der Waals surface area contributed by atoms with Crippen molar-refractivity contribution in [1.29, 1.82) is 0 Å². The van der Waals surface area contributed by atoms with Crippen molar-refractivity contribution >= 4 is 76.0 Å². The fraction of sp³-hybridized carbons (Fsp3) is 0.263. The Bertz CT molecular complexity index is 1260. The Morgan fingerprint density at radius 1 is 1.27 bits per heavy atom. The lowest BCUT2D eigenvalue weighted by Gasteiger charge is -2.12. The van der Waals surface area contributed by atoms with Gasteiger partial charge in [0.2, 0.25) is 5.91 Å². The lowest BCUT2D eigenvalue weighted by atomic mass is 10.2. The van der Waals surface area contributed by atoms with Crippen LogP contribution in [-0.4, -0.2) is 39.7 Å². The maximum absolute atomic E-state index is 12.6. The number of carbonyl (C=O) groups is 2. The smallest absolute Gasteiger partial charge is 0.262 e. The molecule has 4 rings (SSSR count). The average Bonchev–Trinajstić information content (AvgIpc) is 3.36. The number of methoxy groups -OCH3 is 1. The molecule has 0 bridgehead atoms. The highest BCUT2D eigenvalue weighted by atomic mass is 79.9. The maximum atomic E-state index is 12.6. The van der Waals surface area contributed by atoms with E-state index < -0.39 is 6.04 Å². The number of carbonyl (C=O) groups excluding carboxylic acids is 2. The predicted octanol–water partition coefficient (Wildman–Crippen LogP) is 4.08. The van der Waals surface area contributed by atoms with Gasteiger partial charge in [-0.3, -0.25) is 14.3 Å². The van der Waals surface area contributed by atoms with E-state index in [1.807, 2.05) is 26.1 Å². The van der Waals surface area contributed by atoms with Gasteiger partial charge in [-0.05, 0) is 32.0 Å². The van der Waals surface area contributed by atoms with E-state index in [1.165, 1.54) is 22.7 Å². The number of nitrogens with zero attached hydrogens (tertiary/aromatic N) is 3. The van der Waals surface area contributed by atoms with Gasteiger partial charge in [-0.25, -0.2) is 4.98 Å². The number of ether oxygens (including phenoxy) is 1. The number of anilines is 1. The summed E-state index contributed by atoms with van der Waals surface area (Å²) in [6, 6.07) is 4.80. The Morgan fingerprint density at radius 2 is 2.03 bits per heavy atom.